The molecule has 0 saturated heterocycles. The minimum atomic E-state index is -0.455. The quantitative estimate of drug-likeness (QED) is 0.775. The summed E-state index contributed by atoms with van der Waals surface area (Å²) in [7, 11) is 1.73. The number of carbonyl (C=O) groups excluding carboxylic acids is 2. The summed E-state index contributed by atoms with van der Waals surface area (Å²) in [6, 6.07) is 10.6. The van der Waals surface area contributed by atoms with E-state index in [1.54, 1.807) is 37.2 Å². The molecule has 0 aliphatic rings. The molecule has 1 aromatic carbocycles. The zero-order valence-electron chi connectivity index (χ0n) is 14.4. The van der Waals surface area contributed by atoms with E-state index >= 15 is 0 Å². The lowest BCUT2D eigenvalue weighted by molar-refractivity contribution is -0.122. The minimum absolute atomic E-state index is 0.0835. The van der Waals surface area contributed by atoms with E-state index < -0.39 is 6.04 Å². The van der Waals surface area contributed by atoms with Crippen LogP contribution < -0.4 is 10.6 Å². The van der Waals surface area contributed by atoms with E-state index in [9.17, 15) is 9.59 Å². The second-order valence-electron chi connectivity index (χ2n) is 5.86. The second kappa shape index (κ2) is 8.73. The molecule has 0 aliphatic heterocycles. The van der Waals surface area contributed by atoms with E-state index in [0.29, 0.717) is 5.82 Å². The number of carbonyl (C=O) groups is 2. The summed E-state index contributed by atoms with van der Waals surface area (Å²) >= 11 is 3.29. The standard InChI is InChI=1S/C18H21BrN4O2/c1-12-5-4-6-15(9-12)21-18(25)13(2)23(3)11-17(24)22-16-8-7-14(19)10-20-16/h4-10,13H,11H2,1-3H3,(H,21,25)(H,20,22,24). The lowest BCUT2D eigenvalue weighted by Crippen LogP contribution is -2.43. The summed E-state index contributed by atoms with van der Waals surface area (Å²) in [5, 5.41) is 5.57. The first-order valence-corrected chi connectivity index (χ1v) is 8.63. The topological polar surface area (TPSA) is 74.3 Å². The molecule has 0 saturated carbocycles. The van der Waals surface area contributed by atoms with Crippen LogP contribution in [-0.2, 0) is 9.59 Å². The highest BCUT2D eigenvalue weighted by atomic mass is 79.9. The molecule has 2 rings (SSSR count). The van der Waals surface area contributed by atoms with Gasteiger partial charge in [-0.2, -0.15) is 0 Å². The van der Waals surface area contributed by atoms with Crippen LogP contribution in [0, 0.1) is 6.92 Å². The third-order valence-electron chi connectivity index (χ3n) is 3.71. The maximum Gasteiger partial charge on any atom is 0.241 e. The number of hydrogen-bond donors (Lipinski definition) is 2. The van der Waals surface area contributed by atoms with Crippen LogP contribution in [0.5, 0.6) is 0 Å². The summed E-state index contributed by atoms with van der Waals surface area (Å²) < 4.78 is 0.837. The van der Waals surface area contributed by atoms with Crippen LogP contribution >= 0.6 is 15.9 Å². The second-order valence-corrected chi connectivity index (χ2v) is 6.78. The Hall–Kier alpha value is -2.25. The van der Waals surface area contributed by atoms with Crippen molar-refractivity contribution in [2.24, 2.45) is 0 Å². The predicted octanol–water partition coefficient (Wildman–Crippen LogP) is 3.05. The Morgan fingerprint density at radius 3 is 2.64 bits per heavy atom. The van der Waals surface area contributed by atoms with E-state index in [1.165, 1.54) is 0 Å². The summed E-state index contributed by atoms with van der Waals surface area (Å²) in [6.45, 7) is 3.81. The Kier molecular flexibility index (Phi) is 6.66. The van der Waals surface area contributed by atoms with Gasteiger partial charge in [-0.15, -0.1) is 0 Å². The number of aromatic nitrogens is 1. The third kappa shape index (κ3) is 5.95. The van der Waals surface area contributed by atoms with Gasteiger partial charge in [-0.05, 0) is 66.7 Å². The van der Waals surface area contributed by atoms with Crippen molar-refractivity contribution >= 4 is 39.2 Å². The van der Waals surface area contributed by atoms with Crippen LogP contribution in [0.15, 0.2) is 47.1 Å². The Bertz CT molecular complexity index is 749. The Morgan fingerprint density at radius 1 is 1.24 bits per heavy atom. The van der Waals surface area contributed by atoms with E-state index in [0.717, 1.165) is 15.7 Å². The van der Waals surface area contributed by atoms with E-state index in [-0.39, 0.29) is 18.4 Å². The fourth-order valence-electron chi connectivity index (χ4n) is 2.17. The number of rotatable bonds is 6. The normalized spacial score (nSPS) is 11.9. The van der Waals surface area contributed by atoms with Gasteiger partial charge in [0.25, 0.3) is 0 Å². The summed E-state index contributed by atoms with van der Waals surface area (Å²) in [4.78, 5) is 30.2. The van der Waals surface area contributed by atoms with Crippen molar-refractivity contribution in [2.45, 2.75) is 19.9 Å². The van der Waals surface area contributed by atoms with E-state index in [1.807, 2.05) is 31.2 Å². The summed E-state index contributed by atoms with van der Waals surface area (Å²) in [5.74, 6) is 0.0775. The van der Waals surface area contributed by atoms with E-state index in [4.69, 9.17) is 0 Å². The van der Waals surface area contributed by atoms with Crippen molar-refractivity contribution in [1.29, 1.82) is 0 Å². The fraction of sp³-hybridized carbons (Fsp3) is 0.278. The van der Waals surface area contributed by atoms with Crippen molar-refractivity contribution in [2.75, 3.05) is 24.2 Å². The molecular weight excluding hydrogens is 384 g/mol. The molecule has 2 amide bonds. The number of nitrogens with one attached hydrogen (secondary N) is 2. The molecular formula is C18H21BrN4O2. The number of hydrogen-bond acceptors (Lipinski definition) is 4. The lowest BCUT2D eigenvalue weighted by atomic mass is 10.2. The predicted molar refractivity (Wildman–Crippen MR) is 102 cm³/mol. The maximum absolute atomic E-state index is 12.3. The monoisotopic (exact) mass is 404 g/mol. The molecule has 2 aromatic rings. The first-order chi connectivity index (χ1) is 11.8. The molecule has 6 nitrogen and oxygen atoms in total. The molecule has 132 valence electrons. The average molecular weight is 405 g/mol. The van der Waals surface area contributed by atoms with Crippen molar-refractivity contribution < 1.29 is 9.59 Å². The van der Waals surface area contributed by atoms with Gasteiger partial charge < -0.3 is 10.6 Å². The van der Waals surface area contributed by atoms with Gasteiger partial charge in [-0.1, -0.05) is 12.1 Å². The molecule has 0 aliphatic carbocycles. The number of halogens is 1. The maximum atomic E-state index is 12.3. The van der Waals surface area contributed by atoms with Crippen molar-refractivity contribution in [1.82, 2.24) is 9.88 Å². The van der Waals surface area contributed by atoms with Crippen LogP contribution in [0.4, 0.5) is 11.5 Å². The number of amides is 2. The zero-order chi connectivity index (χ0) is 18.4. The first-order valence-electron chi connectivity index (χ1n) is 7.84. The van der Waals surface area contributed by atoms with Crippen LogP contribution in [0.1, 0.15) is 12.5 Å². The number of nitrogens with zero attached hydrogens (tertiary/aromatic N) is 2. The molecule has 1 unspecified atom stereocenters. The molecule has 1 atom stereocenters. The number of pyridine rings is 1. The lowest BCUT2D eigenvalue weighted by Gasteiger charge is -2.23. The molecule has 2 N–H and O–H groups in total. The van der Waals surface area contributed by atoms with Crippen molar-refractivity contribution in [3.63, 3.8) is 0 Å². The molecule has 1 aromatic heterocycles. The zero-order valence-corrected chi connectivity index (χ0v) is 16.0. The fourth-order valence-corrected chi connectivity index (χ4v) is 2.40. The van der Waals surface area contributed by atoms with Gasteiger partial charge >= 0.3 is 0 Å². The van der Waals surface area contributed by atoms with Crippen molar-refractivity contribution in [3.05, 3.63) is 52.6 Å². The highest BCUT2D eigenvalue weighted by molar-refractivity contribution is 9.10. The van der Waals surface area contributed by atoms with Gasteiger partial charge in [-0.3, -0.25) is 14.5 Å². The SMILES string of the molecule is Cc1cccc(NC(=O)C(C)N(C)CC(=O)Nc2ccc(Br)cn2)c1. The summed E-state index contributed by atoms with van der Waals surface area (Å²) in [5.41, 5.74) is 1.81. The third-order valence-corrected chi connectivity index (χ3v) is 4.18. The number of benzene rings is 1. The molecule has 25 heavy (non-hydrogen) atoms. The minimum Gasteiger partial charge on any atom is -0.325 e. The molecule has 0 bridgehead atoms. The molecule has 1 heterocycles. The molecule has 7 heteroatoms. The van der Waals surface area contributed by atoms with Crippen molar-refractivity contribution in [3.8, 4) is 0 Å². The van der Waals surface area contributed by atoms with Gasteiger partial charge in [0, 0.05) is 16.4 Å². The van der Waals surface area contributed by atoms with Gasteiger partial charge in [0.2, 0.25) is 11.8 Å². The van der Waals surface area contributed by atoms with Crippen LogP contribution in [0.2, 0.25) is 0 Å². The Labute approximate surface area is 155 Å². The Balaban J connectivity index is 1.88. The van der Waals surface area contributed by atoms with Gasteiger partial charge in [0.1, 0.15) is 5.82 Å². The van der Waals surface area contributed by atoms with Crippen LogP contribution in [0.25, 0.3) is 0 Å². The van der Waals surface area contributed by atoms with Gasteiger partial charge in [0.15, 0.2) is 0 Å². The van der Waals surface area contributed by atoms with Gasteiger partial charge in [0.05, 0.1) is 12.6 Å². The number of anilines is 2. The largest absolute Gasteiger partial charge is 0.325 e. The molecule has 0 spiro atoms. The Morgan fingerprint density at radius 2 is 2.00 bits per heavy atom. The highest BCUT2D eigenvalue weighted by Gasteiger charge is 2.20. The smallest absolute Gasteiger partial charge is 0.241 e. The molecule has 0 radical (unpaired) electrons. The molecule has 0 fully saturated rings. The highest BCUT2D eigenvalue weighted by Crippen LogP contribution is 2.12. The van der Waals surface area contributed by atoms with Gasteiger partial charge in [-0.25, -0.2) is 4.98 Å². The van der Waals surface area contributed by atoms with Crippen LogP contribution in [-0.4, -0.2) is 41.3 Å². The van der Waals surface area contributed by atoms with E-state index in [2.05, 4.69) is 31.5 Å². The number of likely N-dealkylation sites (N-methyl/N-ethyl adjacent to an activating group) is 1. The number of aryl methyl sites for hydroxylation is 1. The van der Waals surface area contributed by atoms with Crippen LogP contribution in [0.3, 0.4) is 0 Å². The first kappa shape index (κ1) is 19.1. The summed E-state index contributed by atoms with van der Waals surface area (Å²) in [6.07, 6.45) is 1.61. The average Bonchev–Trinajstić information content (AvgIpc) is 2.56.